The summed E-state index contributed by atoms with van der Waals surface area (Å²) in [4.78, 5) is 15.4. The fraction of sp³-hybridized carbons (Fsp3) is 0.364. The van der Waals surface area contributed by atoms with Gasteiger partial charge in [-0.1, -0.05) is 73.4 Å². The van der Waals surface area contributed by atoms with Crippen molar-refractivity contribution in [3.05, 3.63) is 92.2 Å². The van der Waals surface area contributed by atoms with Gasteiger partial charge in [-0.05, 0) is 58.3 Å². The minimum atomic E-state index is -1.12. The van der Waals surface area contributed by atoms with Gasteiger partial charge in [-0.15, -0.1) is 0 Å². The van der Waals surface area contributed by atoms with Gasteiger partial charge < -0.3 is 18.6 Å². The molecule has 3 aromatic heterocycles. The third kappa shape index (κ3) is 9.93. The number of hydrogen-bond donors (Lipinski definition) is 0. The lowest BCUT2D eigenvalue weighted by Crippen LogP contribution is -2.21. The van der Waals surface area contributed by atoms with Gasteiger partial charge in [0.2, 0.25) is 0 Å². The van der Waals surface area contributed by atoms with E-state index in [0.717, 1.165) is 40.2 Å². The van der Waals surface area contributed by atoms with Crippen molar-refractivity contribution in [3.63, 3.8) is 0 Å². The SMILES string of the molecule is C[Si](C)(C)CCOCn1ccc2c(-c3ncc(Br)cc3[N+](=O)[O-])cccc21.C[Si](C)(C)CCOCn1ccc2c(Br)cccc21. The number of nitrogens with zero attached hydrogens (tertiary/aromatic N) is 4. The van der Waals surface area contributed by atoms with Crippen molar-refractivity contribution in [1.82, 2.24) is 14.1 Å². The number of rotatable bonds is 12. The highest BCUT2D eigenvalue weighted by Crippen LogP contribution is 2.35. The number of aromatic nitrogens is 3. The Morgan fingerprint density at radius 1 is 0.800 bits per heavy atom. The van der Waals surface area contributed by atoms with Crippen molar-refractivity contribution in [2.75, 3.05) is 13.2 Å². The molecule has 0 saturated heterocycles. The zero-order chi connectivity index (χ0) is 32.8. The normalized spacial score (nSPS) is 12.0. The monoisotopic (exact) mass is 772 g/mol. The summed E-state index contributed by atoms with van der Waals surface area (Å²) in [7, 11) is -2.10. The zero-order valence-corrected chi connectivity index (χ0v) is 32.0. The van der Waals surface area contributed by atoms with Crippen LogP contribution in [0.3, 0.4) is 0 Å². The molecule has 3 heterocycles. The van der Waals surface area contributed by atoms with Crippen LogP contribution in [0.2, 0.25) is 51.4 Å². The molecule has 0 aliphatic rings. The Labute approximate surface area is 284 Å². The molecule has 0 N–H and O–H groups in total. The van der Waals surface area contributed by atoms with Crippen LogP contribution in [0, 0.1) is 10.1 Å². The Kier molecular flexibility index (Phi) is 12.0. The molecule has 0 radical (unpaired) electrons. The van der Waals surface area contributed by atoms with Gasteiger partial charge in [-0.25, -0.2) is 4.98 Å². The van der Waals surface area contributed by atoms with Crippen molar-refractivity contribution in [3.8, 4) is 11.3 Å². The van der Waals surface area contributed by atoms with E-state index in [9.17, 15) is 10.1 Å². The molecule has 0 amide bonds. The molecular formula is C33H42Br2N4O4Si2. The largest absolute Gasteiger partial charge is 0.361 e. The number of nitro groups is 1. The maximum atomic E-state index is 11.5. The fourth-order valence-corrected chi connectivity index (χ4v) is 7.02. The Morgan fingerprint density at radius 2 is 1.33 bits per heavy atom. The van der Waals surface area contributed by atoms with Gasteiger partial charge in [0.25, 0.3) is 5.69 Å². The highest BCUT2D eigenvalue weighted by atomic mass is 79.9. The smallest absolute Gasteiger partial charge is 0.296 e. The zero-order valence-electron chi connectivity index (χ0n) is 26.8. The van der Waals surface area contributed by atoms with Crippen molar-refractivity contribution in [1.29, 1.82) is 0 Å². The minimum Gasteiger partial charge on any atom is -0.361 e. The summed E-state index contributed by atoms with van der Waals surface area (Å²) < 4.78 is 17.5. The van der Waals surface area contributed by atoms with Crippen LogP contribution in [0.1, 0.15) is 0 Å². The lowest BCUT2D eigenvalue weighted by Gasteiger charge is -2.15. The number of hydrogen-bond acceptors (Lipinski definition) is 5. The first-order valence-electron chi connectivity index (χ1n) is 15.0. The van der Waals surface area contributed by atoms with Gasteiger partial charge in [0, 0.05) is 79.3 Å². The molecule has 0 unspecified atom stereocenters. The second kappa shape index (κ2) is 15.3. The van der Waals surface area contributed by atoms with Crippen LogP contribution in [-0.4, -0.2) is 48.4 Å². The number of fused-ring (bicyclic) bond motifs is 2. The summed E-state index contributed by atoms with van der Waals surface area (Å²) in [5, 5.41) is 13.6. The lowest BCUT2D eigenvalue weighted by atomic mass is 10.1. The van der Waals surface area contributed by atoms with E-state index in [1.165, 1.54) is 23.0 Å². The molecule has 0 aliphatic heterocycles. The summed E-state index contributed by atoms with van der Waals surface area (Å²) >= 11 is 6.82. The quantitative estimate of drug-likeness (QED) is 0.0546. The first-order chi connectivity index (χ1) is 21.2. The average molecular weight is 775 g/mol. The predicted octanol–water partition coefficient (Wildman–Crippen LogP) is 10.4. The van der Waals surface area contributed by atoms with Gasteiger partial charge in [-0.2, -0.15) is 0 Å². The molecule has 2 aromatic carbocycles. The van der Waals surface area contributed by atoms with Crippen LogP contribution in [0.5, 0.6) is 0 Å². The first-order valence-corrected chi connectivity index (χ1v) is 24.0. The van der Waals surface area contributed by atoms with E-state index in [1.54, 1.807) is 6.20 Å². The molecule has 0 spiro atoms. The summed E-state index contributed by atoms with van der Waals surface area (Å²) in [5.41, 5.74) is 3.28. The maximum Gasteiger partial charge on any atom is 0.296 e. The second-order valence-electron chi connectivity index (χ2n) is 13.5. The van der Waals surface area contributed by atoms with E-state index >= 15 is 0 Å². The average Bonchev–Trinajstić information content (AvgIpc) is 3.58. The standard InChI is InChI=1S/C19H22BrN3O3Si.C14H20BrNOSi/c1-27(2,3)10-9-26-13-22-8-7-15-16(5-4-6-17(15)22)19-18(23(24)25)11-14(20)12-21-19;1-18(2,3)10-9-17-11-16-8-7-12-13(15)5-4-6-14(12)16/h4-8,11-12H,9-10,13H2,1-3H3;4-8H,9-11H2,1-3H3. The molecule has 0 aliphatic carbocycles. The number of halogens is 2. The topological polar surface area (TPSA) is 84.3 Å². The van der Waals surface area contributed by atoms with Gasteiger partial charge >= 0.3 is 0 Å². The van der Waals surface area contributed by atoms with Gasteiger partial charge in [-0.3, -0.25) is 10.1 Å². The van der Waals surface area contributed by atoms with E-state index in [-0.39, 0.29) is 5.69 Å². The first kappa shape index (κ1) is 35.2. The Hall–Kier alpha value is -2.62. The fourth-order valence-electron chi connectivity index (χ4n) is 4.70. The Morgan fingerprint density at radius 3 is 1.89 bits per heavy atom. The van der Waals surface area contributed by atoms with Gasteiger partial charge in [0.15, 0.2) is 0 Å². The van der Waals surface area contributed by atoms with E-state index < -0.39 is 21.1 Å². The van der Waals surface area contributed by atoms with E-state index in [2.05, 4.69) is 111 Å². The summed E-state index contributed by atoms with van der Waals surface area (Å²) in [6.45, 7) is 16.8. The van der Waals surface area contributed by atoms with Gasteiger partial charge in [0.05, 0.1) is 16.0 Å². The Balaban J connectivity index is 0.000000222. The molecule has 12 heteroatoms. The highest BCUT2D eigenvalue weighted by Gasteiger charge is 2.20. The van der Waals surface area contributed by atoms with Crippen molar-refractivity contribution < 1.29 is 14.4 Å². The van der Waals surface area contributed by atoms with Crippen LogP contribution < -0.4 is 0 Å². The maximum absolute atomic E-state index is 11.5. The van der Waals surface area contributed by atoms with Crippen molar-refractivity contribution in [2.24, 2.45) is 0 Å². The van der Waals surface area contributed by atoms with Crippen molar-refractivity contribution >= 4 is 75.5 Å². The van der Waals surface area contributed by atoms with Crippen LogP contribution in [0.4, 0.5) is 5.69 Å². The van der Waals surface area contributed by atoms with E-state index in [0.29, 0.717) is 23.6 Å². The molecule has 240 valence electrons. The van der Waals surface area contributed by atoms with Crippen molar-refractivity contribution in [2.45, 2.75) is 64.8 Å². The molecule has 0 fully saturated rings. The van der Waals surface area contributed by atoms with Crippen LogP contribution in [-0.2, 0) is 22.9 Å². The second-order valence-corrected chi connectivity index (χ2v) is 26.5. The lowest BCUT2D eigenvalue weighted by molar-refractivity contribution is -0.384. The summed E-state index contributed by atoms with van der Waals surface area (Å²) in [6.07, 6.45) is 5.62. The van der Waals surface area contributed by atoms with E-state index in [1.807, 2.05) is 35.0 Å². The molecule has 0 bridgehead atoms. The third-order valence-electron chi connectivity index (χ3n) is 7.31. The van der Waals surface area contributed by atoms with Crippen LogP contribution in [0.25, 0.3) is 33.1 Å². The molecular weight excluding hydrogens is 732 g/mol. The van der Waals surface area contributed by atoms with E-state index in [4.69, 9.17) is 9.47 Å². The molecule has 0 atom stereocenters. The van der Waals surface area contributed by atoms with Crippen LogP contribution in [0.15, 0.2) is 82.1 Å². The number of pyridine rings is 1. The Bertz CT molecular complexity index is 1760. The number of ether oxygens (including phenoxy) is 2. The third-order valence-corrected chi connectivity index (χ3v) is 11.8. The predicted molar refractivity (Wildman–Crippen MR) is 197 cm³/mol. The molecule has 45 heavy (non-hydrogen) atoms. The van der Waals surface area contributed by atoms with Crippen LogP contribution >= 0.6 is 31.9 Å². The number of benzene rings is 2. The molecule has 5 aromatic rings. The summed E-state index contributed by atoms with van der Waals surface area (Å²) in [6, 6.07) is 19.9. The molecule has 8 nitrogen and oxygen atoms in total. The molecule has 5 rings (SSSR count). The minimum absolute atomic E-state index is 0.0176. The highest BCUT2D eigenvalue weighted by molar-refractivity contribution is 9.11. The van der Waals surface area contributed by atoms with Gasteiger partial charge in [0.1, 0.15) is 19.2 Å². The molecule has 0 saturated carbocycles. The summed E-state index contributed by atoms with van der Waals surface area (Å²) in [5.74, 6) is 0.